The highest BCUT2D eigenvalue weighted by Crippen LogP contribution is 2.32. The Morgan fingerprint density at radius 2 is 2.00 bits per heavy atom. The average molecular weight is 397 g/mol. The van der Waals surface area contributed by atoms with Crippen LogP contribution in [0.25, 0.3) is 11.0 Å². The molecule has 6 rings (SSSR count). The number of likely N-dealkylation sites (N-methyl/N-ethyl adjacent to an activating group) is 1. The Bertz CT molecular complexity index is 947. The summed E-state index contributed by atoms with van der Waals surface area (Å²) in [6.45, 7) is 6.21. The van der Waals surface area contributed by atoms with Crippen LogP contribution in [-0.4, -0.2) is 78.5 Å². The highest BCUT2D eigenvalue weighted by Gasteiger charge is 2.40. The van der Waals surface area contributed by atoms with Crippen molar-refractivity contribution in [3.8, 4) is 0 Å². The van der Waals surface area contributed by atoms with Crippen molar-refractivity contribution in [2.75, 3.05) is 44.7 Å². The molecule has 8 nitrogen and oxygen atoms in total. The maximum atomic E-state index is 12.9. The van der Waals surface area contributed by atoms with Crippen LogP contribution in [0.1, 0.15) is 30.3 Å². The van der Waals surface area contributed by atoms with Gasteiger partial charge in [0, 0.05) is 48.9 Å². The molecule has 2 aromatic heterocycles. The second-order valence-corrected chi connectivity index (χ2v) is 8.59. The second-order valence-electron chi connectivity index (χ2n) is 8.59. The molecule has 29 heavy (non-hydrogen) atoms. The van der Waals surface area contributed by atoms with Gasteiger partial charge in [-0.05, 0) is 45.8 Å². The Morgan fingerprint density at radius 3 is 2.72 bits per heavy atom. The largest absolute Gasteiger partial charge is 0.440 e. The van der Waals surface area contributed by atoms with Crippen LogP contribution in [-0.2, 0) is 4.79 Å². The van der Waals surface area contributed by atoms with E-state index < -0.39 is 0 Å². The molecule has 2 amide bonds. The molecule has 2 bridgehead atoms. The van der Waals surface area contributed by atoms with Gasteiger partial charge < -0.3 is 9.73 Å². The molecule has 8 heteroatoms. The number of rotatable bonds is 3. The monoisotopic (exact) mass is 397 g/mol. The van der Waals surface area contributed by atoms with Crippen LogP contribution in [0.5, 0.6) is 0 Å². The summed E-state index contributed by atoms with van der Waals surface area (Å²) in [5, 5.41) is 4.00. The van der Waals surface area contributed by atoms with Crippen molar-refractivity contribution in [1.29, 1.82) is 0 Å². The molecule has 0 unspecified atom stereocenters. The number of fused-ring (bicyclic) bond motifs is 4. The summed E-state index contributed by atoms with van der Waals surface area (Å²) in [6.07, 6.45) is 3.93. The number of carbonyl (C=O) groups is 2. The van der Waals surface area contributed by atoms with Gasteiger partial charge in [0.2, 0.25) is 11.8 Å². The van der Waals surface area contributed by atoms with E-state index in [4.69, 9.17) is 4.42 Å². The number of aromatic nitrogens is 1. The second kappa shape index (κ2) is 7.11. The van der Waals surface area contributed by atoms with E-state index in [0.29, 0.717) is 42.2 Å². The van der Waals surface area contributed by atoms with Gasteiger partial charge in [0.15, 0.2) is 0 Å². The molecule has 4 aliphatic rings. The molecule has 2 aromatic rings. The summed E-state index contributed by atoms with van der Waals surface area (Å²) in [4.78, 5) is 35.6. The number of hydrogen-bond acceptors (Lipinski definition) is 6. The molecule has 0 radical (unpaired) electrons. The molecule has 154 valence electrons. The third-order valence-electron chi connectivity index (χ3n) is 6.77. The number of anilines is 1. The summed E-state index contributed by atoms with van der Waals surface area (Å²) in [7, 11) is 1.93. The zero-order valence-corrected chi connectivity index (χ0v) is 16.9. The average Bonchev–Trinajstić information content (AvgIpc) is 3.13. The van der Waals surface area contributed by atoms with E-state index in [1.54, 1.807) is 17.2 Å². The summed E-state index contributed by atoms with van der Waals surface area (Å²) >= 11 is 0. The van der Waals surface area contributed by atoms with Crippen LogP contribution >= 0.6 is 0 Å². The molecule has 0 spiro atoms. The highest BCUT2D eigenvalue weighted by molar-refractivity contribution is 5.98. The standard InChI is InChI=1S/C21H27N5O3/c1-13-20(14-3-5-25(13)6-4-14)23-21(28)16-10-17-15(11-22-16)9-19(29-17)26-8-7-24(2)12-18(26)27/h9-11,13-14,20H,3-8,12H2,1-2H3,(H,23,28)/t13-,20-/m0/s1. The van der Waals surface area contributed by atoms with E-state index >= 15 is 0 Å². The van der Waals surface area contributed by atoms with Crippen LogP contribution in [0.3, 0.4) is 0 Å². The summed E-state index contributed by atoms with van der Waals surface area (Å²) in [5.41, 5.74) is 0.931. The van der Waals surface area contributed by atoms with Crippen LogP contribution in [0, 0.1) is 5.92 Å². The van der Waals surface area contributed by atoms with E-state index in [-0.39, 0.29) is 17.9 Å². The lowest BCUT2D eigenvalue weighted by molar-refractivity contribution is -0.121. The number of piperidine rings is 3. The molecule has 1 N–H and O–H groups in total. The Hall–Kier alpha value is -2.45. The fourth-order valence-corrected chi connectivity index (χ4v) is 4.97. The Morgan fingerprint density at radius 1 is 1.21 bits per heavy atom. The maximum absolute atomic E-state index is 12.9. The fraction of sp³-hybridized carbons (Fsp3) is 0.571. The molecule has 6 heterocycles. The van der Waals surface area contributed by atoms with E-state index in [0.717, 1.165) is 37.9 Å². The zero-order valence-electron chi connectivity index (χ0n) is 16.9. The van der Waals surface area contributed by atoms with E-state index in [2.05, 4.69) is 22.1 Å². The van der Waals surface area contributed by atoms with E-state index in [1.807, 2.05) is 18.0 Å². The third kappa shape index (κ3) is 3.30. The fourth-order valence-electron chi connectivity index (χ4n) is 4.97. The zero-order chi connectivity index (χ0) is 20.1. The number of furan rings is 1. The van der Waals surface area contributed by atoms with E-state index in [9.17, 15) is 9.59 Å². The van der Waals surface area contributed by atoms with Gasteiger partial charge >= 0.3 is 0 Å². The molecular weight excluding hydrogens is 370 g/mol. The molecule has 4 fully saturated rings. The van der Waals surface area contributed by atoms with Crippen molar-refractivity contribution in [1.82, 2.24) is 20.1 Å². The SMILES string of the molecule is C[C@H]1[C@H](NC(=O)c2cc3oc(N4CCN(C)CC4=O)cc3cn2)C2CCN1CC2. The summed E-state index contributed by atoms with van der Waals surface area (Å²) < 4.78 is 5.92. The van der Waals surface area contributed by atoms with Gasteiger partial charge in [-0.1, -0.05) is 0 Å². The number of nitrogens with zero attached hydrogens (tertiary/aromatic N) is 4. The van der Waals surface area contributed by atoms with Gasteiger partial charge in [0.05, 0.1) is 6.54 Å². The van der Waals surface area contributed by atoms with Crippen LogP contribution in [0.2, 0.25) is 0 Å². The summed E-state index contributed by atoms with van der Waals surface area (Å²) in [6, 6.07) is 4.02. The first kappa shape index (κ1) is 18.6. The first-order chi connectivity index (χ1) is 14.0. The topological polar surface area (TPSA) is 81.9 Å². The first-order valence-electron chi connectivity index (χ1n) is 10.4. The van der Waals surface area contributed by atoms with Crippen LogP contribution < -0.4 is 10.2 Å². The van der Waals surface area contributed by atoms with Gasteiger partial charge in [-0.3, -0.25) is 29.3 Å². The number of nitrogens with one attached hydrogen (secondary N) is 1. The van der Waals surface area contributed by atoms with Crippen LogP contribution in [0.4, 0.5) is 5.88 Å². The van der Waals surface area contributed by atoms with Gasteiger partial charge in [-0.15, -0.1) is 0 Å². The minimum Gasteiger partial charge on any atom is -0.440 e. The van der Waals surface area contributed by atoms with Gasteiger partial charge in [-0.25, -0.2) is 0 Å². The van der Waals surface area contributed by atoms with Crippen molar-refractivity contribution < 1.29 is 14.0 Å². The molecule has 2 atom stereocenters. The number of piperazine rings is 1. The predicted molar refractivity (Wildman–Crippen MR) is 109 cm³/mol. The molecule has 0 aliphatic carbocycles. The van der Waals surface area contributed by atoms with Gasteiger partial charge in [-0.2, -0.15) is 0 Å². The normalized spacial score (nSPS) is 30.1. The lowest BCUT2D eigenvalue weighted by Gasteiger charge is -2.49. The van der Waals surface area contributed by atoms with Gasteiger partial charge in [0.1, 0.15) is 11.3 Å². The molecular formula is C21H27N5O3. The Kier molecular flexibility index (Phi) is 4.55. The third-order valence-corrected chi connectivity index (χ3v) is 6.77. The number of pyridine rings is 1. The van der Waals surface area contributed by atoms with Crippen LogP contribution in [0.15, 0.2) is 22.7 Å². The maximum Gasteiger partial charge on any atom is 0.270 e. The quantitative estimate of drug-likeness (QED) is 0.841. The minimum absolute atomic E-state index is 0.0140. The van der Waals surface area contributed by atoms with Crippen molar-refractivity contribution in [3.63, 3.8) is 0 Å². The van der Waals surface area contributed by atoms with E-state index in [1.165, 1.54) is 0 Å². The predicted octanol–water partition coefficient (Wildman–Crippen LogP) is 1.32. The lowest BCUT2D eigenvalue weighted by Crippen LogP contribution is -2.62. The van der Waals surface area contributed by atoms with Crippen molar-refractivity contribution >= 4 is 28.7 Å². The number of hydrogen-bond donors (Lipinski definition) is 1. The molecule has 0 aromatic carbocycles. The lowest BCUT2D eigenvalue weighted by atomic mass is 9.79. The Balaban J connectivity index is 1.34. The smallest absolute Gasteiger partial charge is 0.270 e. The van der Waals surface area contributed by atoms with Crippen molar-refractivity contribution in [3.05, 3.63) is 24.0 Å². The molecule has 4 saturated heterocycles. The van der Waals surface area contributed by atoms with Crippen molar-refractivity contribution in [2.24, 2.45) is 5.92 Å². The summed E-state index contributed by atoms with van der Waals surface area (Å²) in [5.74, 6) is 0.913. The first-order valence-corrected chi connectivity index (χ1v) is 10.4. The van der Waals surface area contributed by atoms with Crippen molar-refractivity contribution in [2.45, 2.75) is 31.8 Å². The highest BCUT2D eigenvalue weighted by atomic mass is 16.4. The molecule has 4 aliphatic heterocycles. The minimum atomic E-state index is -0.161. The number of amides is 2. The van der Waals surface area contributed by atoms with Gasteiger partial charge in [0.25, 0.3) is 5.91 Å². The Labute approximate surface area is 169 Å². The number of carbonyl (C=O) groups excluding carboxylic acids is 2. The molecule has 0 saturated carbocycles.